The number of anilines is 2. The van der Waals surface area contributed by atoms with Crippen molar-refractivity contribution in [1.82, 2.24) is 29.7 Å². The molecule has 13 nitrogen and oxygen atoms in total. The smallest absolute Gasteiger partial charge is 0.243 e. The first kappa shape index (κ1) is 29.0. The highest BCUT2D eigenvalue weighted by Crippen LogP contribution is 2.31. The third-order valence-electron chi connectivity index (χ3n) is 6.04. The average molecular weight is 560 g/mol. The molecule has 0 bridgehead atoms. The fraction of sp³-hybridized carbons (Fsp3) is 0.357. The second-order valence-corrected chi connectivity index (χ2v) is 10.9. The number of rotatable bonds is 6. The van der Waals surface area contributed by atoms with Gasteiger partial charge in [-0.05, 0) is 76.0 Å². The van der Waals surface area contributed by atoms with Crippen LogP contribution in [0.1, 0.15) is 47.2 Å². The van der Waals surface area contributed by atoms with Gasteiger partial charge in [-0.25, -0.2) is 14.6 Å². The van der Waals surface area contributed by atoms with Crippen molar-refractivity contribution in [1.29, 1.82) is 0 Å². The first-order valence-corrected chi connectivity index (χ1v) is 12.8. The van der Waals surface area contributed by atoms with E-state index in [1.165, 1.54) is 0 Å². The topological polar surface area (TPSA) is 188 Å². The number of aryl methyl sites for hydroxylation is 1. The first-order chi connectivity index (χ1) is 19.2. The Morgan fingerprint density at radius 1 is 1.17 bits per heavy atom. The van der Waals surface area contributed by atoms with E-state index in [2.05, 4.69) is 27.5 Å². The van der Waals surface area contributed by atoms with Crippen LogP contribution in [0.25, 0.3) is 33.8 Å². The maximum Gasteiger partial charge on any atom is 0.243 e. The fourth-order valence-corrected chi connectivity index (χ4v) is 4.10. The van der Waals surface area contributed by atoms with Gasteiger partial charge in [0.05, 0.1) is 17.8 Å². The first-order valence-electron chi connectivity index (χ1n) is 12.8. The van der Waals surface area contributed by atoms with Gasteiger partial charge in [0, 0.05) is 23.3 Å². The normalized spacial score (nSPS) is 11.7. The van der Waals surface area contributed by atoms with Crippen LogP contribution >= 0.6 is 0 Å². The maximum absolute atomic E-state index is 12.7. The SMILES string of the molecule is CCn1c(-c2nonc2N)nc2c(C#CC(C)(C)O)nc(-c3cccc(NC(=O)CN(C(=O)[O-])C(C)(C)C)c3)cc21. The number of amides is 2. The molecule has 0 radical (unpaired) electrons. The zero-order valence-electron chi connectivity index (χ0n) is 23.6. The lowest BCUT2D eigenvalue weighted by Gasteiger charge is -2.37. The predicted octanol–water partition coefficient (Wildman–Crippen LogP) is 2.26. The molecule has 4 rings (SSSR count). The molecule has 214 valence electrons. The number of carbonyl (C=O) groups is 2. The molecule has 0 aliphatic heterocycles. The molecule has 0 unspecified atom stereocenters. The van der Waals surface area contributed by atoms with Gasteiger partial charge in [0.1, 0.15) is 22.9 Å². The third-order valence-corrected chi connectivity index (χ3v) is 6.04. The second kappa shape index (κ2) is 10.9. The lowest BCUT2D eigenvalue weighted by molar-refractivity contribution is -0.270. The number of nitrogens with one attached hydrogen (secondary N) is 1. The van der Waals surface area contributed by atoms with Gasteiger partial charge in [0.15, 0.2) is 17.3 Å². The minimum atomic E-state index is -1.44. The standard InChI is InChI=1S/C28H32N8O5/c1-7-35-20-14-19(16-9-8-10-17(13-16)30-21(37)15-36(26(38)39)27(2,3)4)31-18(11-12-28(5,6)40)22(20)32-25(35)23-24(29)34-41-33-23/h8-10,13-14,40H,7,15H2,1-6H3,(H2,29,34)(H,30,37)(H,38,39)/p-1. The van der Waals surface area contributed by atoms with Crippen molar-refractivity contribution in [3.8, 4) is 34.6 Å². The molecule has 13 heteroatoms. The summed E-state index contributed by atoms with van der Waals surface area (Å²) in [4.78, 5) is 34.6. The van der Waals surface area contributed by atoms with Gasteiger partial charge in [-0.1, -0.05) is 18.1 Å². The summed E-state index contributed by atoms with van der Waals surface area (Å²) in [6.07, 6.45) is -1.44. The number of carbonyl (C=O) groups excluding carboxylic acids is 2. The lowest BCUT2D eigenvalue weighted by atomic mass is 10.1. The monoisotopic (exact) mass is 559 g/mol. The number of nitrogens with two attached hydrogens (primary N) is 1. The molecule has 0 aliphatic rings. The number of benzene rings is 1. The molecule has 0 aliphatic carbocycles. The molecule has 0 atom stereocenters. The van der Waals surface area contributed by atoms with Gasteiger partial charge in [-0.2, -0.15) is 0 Å². The van der Waals surface area contributed by atoms with E-state index in [9.17, 15) is 19.8 Å². The van der Waals surface area contributed by atoms with E-state index in [0.29, 0.717) is 46.0 Å². The number of hydrogen-bond donors (Lipinski definition) is 3. The molecule has 0 saturated heterocycles. The Kier molecular flexibility index (Phi) is 7.72. The zero-order chi connectivity index (χ0) is 30.1. The van der Waals surface area contributed by atoms with Gasteiger partial charge in [-0.15, -0.1) is 0 Å². The highest BCUT2D eigenvalue weighted by molar-refractivity contribution is 5.95. The summed E-state index contributed by atoms with van der Waals surface area (Å²) >= 11 is 0. The molecule has 0 fully saturated rings. The molecule has 4 aromatic rings. The van der Waals surface area contributed by atoms with Crippen LogP contribution in [0.2, 0.25) is 0 Å². The van der Waals surface area contributed by atoms with E-state index in [-0.39, 0.29) is 11.5 Å². The number of nitrogens with zero attached hydrogens (tertiary/aromatic N) is 6. The molecule has 4 N–H and O–H groups in total. The van der Waals surface area contributed by atoms with Crippen molar-refractivity contribution in [2.45, 2.75) is 59.2 Å². The van der Waals surface area contributed by atoms with Crippen LogP contribution in [0.15, 0.2) is 35.0 Å². The molecular formula is C28H31N8O5-. The molecule has 3 heterocycles. The zero-order valence-corrected chi connectivity index (χ0v) is 23.6. The van der Waals surface area contributed by atoms with Crippen molar-refractivity contribution in [3.05, 3.63) is 36.0 Å². The summed E-state index contributed by atoms with van der Waals surface area (Å²) in [5.41, 5.74) is 7.20. The van der Waals surface area contributed by atoms with Crippen molar-refractivity contribution in [3.63, 3.8) is 0 Å². The van der Waals surface area contributed by atoms with E-state index >= 15 is 0 Å². The highest BCUT2D eigenvalue weighted by Gasteiger charge is 2.24. The molecule has 0 saturated carbocycles. The maximum atomic E-state index is 12.7. The van der Waals surface area contributed by atoms with Crippen molar-refractivity contribution in [2.24, 2.45) is 0 Å². The van der Waals surface area contributed by atoms with E-state index < -0.39 is 29.7 Å². The van der Waals surface area contributed by atoms with Crippen LogP contribution in [0.5, 0.6) is 0 Å². The molecule has 2 amide bonds. The Balaban J connectivity index is 1.79. The number of imidazole rings is 1. The van der Waals surface area contributed by atoms with Crippen LogP contribution in [0.3, 0.4) is 0 Å². The number of pyridine rings is 1. The third kappa shape index (κ3) is 6.44. The predicted molar refractivity (Wildman–Crippen MR) is 150 cm³/mol. The van der Waals surface area contributed by atoms with E-state index in [1.54, 1.807) is 52.8 Å². The van der Waals surface area contributed by atoms with Gasteiger partial charge >= 0.3 is 0 Å². The van der Waals surface area contributed by atoms with Gasteiger partial charge in [-0.3, -0.25) is 4.79 Å². The van der Waals surface area contributed by atoms with Gasteiger partial charge < -0.3 is 35.5 Å². The molecule has 3 aromatic heterocycles. The quantitative estimate of drug-likeness (QED) is 0.296. The van der Waals surface area contributed by atoms with Gasteiger partial charge in [0.2, 0.25) is 5.91 Å². The average Bonchev–Trinajstić information content (AvgIpc) is 3.47. The van der Waals surface area contributed by atoms with Crippen molar-refractivity contribution in [2.75, 3.05) is 17.6 Å². The number of nitrogen functional groups attached to an aromatic ring is 1. The number of hydrogen-bond acceptors (Lipinski definition) is 10. The van der Waals surface area contributed by atoms with Crippen molar-refractivity contribution >= 4 is 34.5 Å². The summed E-state index contributed by atoms with van der Waals surface area (Å²) in [7, 11) is 0. The van der Waals surface area contributed by atoms with E-state index in [0.717, 1.165) is 4.90 Å². The minimum Gasteiger partial charge on any atom is -0.530 e. The number of aliphatic hydroxyl groups is 1. The summed E-state index contributed by atoms with van der Waals surface area (Å²) in [6.45, 7) is 10.2. The summed E-state index contributed by atoms with van der Waals surface area (Å²) in [5.74, 6) is 5.71. The van der Waals surface area contributed by atoms with Crippen molar-refractivity contribution < 1.29 is 24.4 Å². The van der Waals surface area contributed by atoms with E-state index in [4.69, 9.17) is 20.3 Å². The lowest BCUT2D eigenvalue weighted by Crippen LogP contribution is -2.54. The molecule has 41 heavy (non-hydrogen) atoms. The van der Waals surface area contributed by atoms with Gasteiger partial charge in [0.25, 0.3) is 0 Å². The largest absolute Gasteiger partial charge is 0.530 e. The Hall–Kier alpha value is -4.96. The molecule has 1 aromatic carbocycles. The summed E-state index contributed by atoms with van der Waals surface area (Å²) in [6, 6.07) is 8.78. The fourth-order valence-electron chi connectivity index (χ4n) is 4.10. The van der Waals surface area contributed by atoms with Crippen LogP contribution < -0.4 is 16.2 Å². The van der Waals surface area contributed by atoms with Crippen LogP contribution in [-0.2, 0) is 11.3 Å². The molecule has 0 spiro atoms. The Labute approximate surface area is 236 Å². The highest BCUT2D eigenvalue weighted by atomic mass is 16.6. The second-order valence-electron chi connectivity index (χ2n) is 10.9. The molecular weight excluding hydrogens is 528 g/mol. The Morgan fingerprint density at radius 2 is 1.90 bits per heavy atom. The van der Waals surface area contributed by atoms with Crippen LogP contribution in [-0.4, -0.2) is 64.5 Å². The summed E-state index contributed by atoms with van der Waals surface area (Å²) < 4.78 is 6.66. The van der Waals surface area contributed by atoms with Crippen LogP contribution in [0.4, 0.5) is 16.3 Å². The van der Waals surface area contributed by atoms with E-state index in [1.807, 2.05) is 23.6 Å². The Morgan fingerprint density at radius 3 is 2.49 bits per heavy atom. The number of carboxylic acid groups (broad SMARTS) is 1. The number of aromatic nitrogens is 5. The Bertz CT molecular complexity index is 1680. The summed E-state index contributed by atoms with van der Waals surface area (Å²) in [5, 5.41) is 32.1. The number of fused-ring (bicyclic) bond motifs is 1. The minimum absolute atomic E-state index is 0.0828. The van der Waals surface area contributed by atoms with Crippen LogP contribution in [0, 0.1) is 11.8 Å².